The Bertz CT molecular complexity index is 1190. The Morgan fingerprint density at radius 1 is 1.30 bits per heavy atom. The Labute approximate surface area is 176 Å². The van der Waals surface area contributed by atoms with E-state index in [9.17, 15) is 19.3 Å². The van der Waals surface area contributed by atoms with Crippen molar-refractivity contribution in [1.29, 1.82) is 10.5 Å². The fourth-order valence-corrected chi connectivity index (χ4v) is 4.44. The van der Waals surface area contributed by atoms with E-state index in [1.54, 1.807) is 34.9 Å². The molecule has 0 amide bonds. The number of hydrogen-bond acceptors (Lipinski definition) is 5. The van der Waals surface area contributed by atoms with E-state index < -0.39 is 5.92 Å². The minimum atomic E-state index is -2.64. The number of aromatic nitrogens is 2. The molecular formula is C22H18F2N4OS. The average Bonchev–Trinajstić information content (AvgIpc) is 3.34. The zero-order valence-electron chi connectivity index (χ0n) is 16.2. The number of ether oxygens (including phenoxy) is 1. The van der Waals surface area contributed by atoms with E-state index in [4.69, 9.17) is 4.74 Å². The highest BCUT2D eigenvalue weighted by atomic mass is 32.2. The van der Waals surface area contributed by atoms with Crippen LogP contribution in [0, 0.1) is 28.6 Å². The number of alkyl halides is 2. The van der Waals surface area contributed by atoms with Gasteiger partial charge in [-0.15, -0.1) is 11.8 Å². The molecule has 0 saturated heterocycles. The van der Waals surface area contributed by atoms with Crippen molar-refractivity contribution in [2.45, 2.75) is 30.1 Å². The molecule has 4 rings (SSSR count). The number of benzene rings is 1. The van der Waals surface area contributed by atoms with Crippen LogP contribution >= 0.6 is 11.8 Å². The lowest BCUT2D eigenvalue weighted by Gasteiger charge is -2.16. The topological polar surface area (TPSA) is 74.1 Å². The Hall–Kier alpha value is -3.10. The Morgan fingerprint density at radius 2 is 2.13 bits per heavy atom. The molecule has 0 bridgehead atoms. The highest BCUT2D eigenvalue weighted by Gasteiger charge is 2.39. The third kappa shape index (κ3) is 3.71. The second-order valence-electron chi connectivity index (χ2n) is 7.30. The fourth-order valence-electron chi connectivity index (χ4n) is 3.84. The lowest BCUT2D eigenvalue weighted by atomic mass is 10.1. The summed E-state index contributed by atoms with van der Waals surface area (Å²) < 4.78 is 34.6. The molecular weight excluding hydrogens is 406 g/mol. The van der Waals surface area contributed by atoms with Gasteiger partial charge >= 0.3 is 0 Å². The highest BCUT2D eigenvalue weighted by molar-refractivity contribution is 7.98. The van der Waals surface area contributed by atoms with E-state index in [0.717, 1.165) is 5.56 Å². The van der Waals surface area contributed by atoms with Crippen LogP contribution in [0.4, 0.5) is 8.78 Å². The molecule has 1 atom stereocenters. The van der Waals surface area contributed by atoms with E-state index in [1.807, 2.05) is 12.3 Å². The van der Waals surface area contributed by atoms with Gasteiger partial charge in [0, 0.05) is 23.3 Å². The van der Waals surface area contributed by atoms with Crippen molar-refractivity contribution in [3.63, 3.8) is 0 Å². The third-order valence-electron chi connectivity index (χ3n) is 5.32. The summed E-state index contributed by atoms with van der Waals surface area (Å²) in [7, 11) is 0. The zero-order valence-corrected chi connectivity index (χ0v) is 17.0. The molecule has 30 heavy (non-hydrogen) atoms. The number of hydrogen-bond donors (Lipinski definition) is 0. The Balaban J connectivity index is 1.75. The summed E-state index contributed by atoms with van der Waals surface area (Å²) in [5, 5.41) is 19.1. The first-order valence-corrected chi connectivity index (χ1v) is 10.7. The van der Waals surface area contributed by atoms with Gasteiger partial charge in [-0.2, -0.15) is 10.5 Å². The number of pyridine rings is 1. The molecule has 1 unspecified atom stereocenters. The van der Waals surface area contributed by atoms with E-state index in [1.165, 1.54) is 11.8 Å². The standard InChI is InChI=1S/C22H18F2N4OS/c1-30-20-8-15(18-12-27-21-4-2-3-16(10-25)28(18)21)7-19(17(20)11-26)29-13-14-5-6-22(23,24)9-14/h2-4,7-8,12,14H,5-6,9,13H2,1H3. The van der Waals surface area contributed by atoms with Crippen LogP contribution in [0.25, 0.3) is 16.9 Å². The van der Waals surface area contributed by atoms with Gasteiger partial charge in [-0.05, 0) is 42.9 Å². The number of imidazole rings is 1. The monoisotopic (exact) mass is 424 g/mol. The minimum Gasteiger partial charge on any atom is -0.492 e. The van der Waals surface area contributed by atoms with Gasteiger partial charge in [-0.25, -0.2) is 13.8 Å². The molecule has 0 radical (unpaired) electrons. The predicted molar refractivity (Wildman–Crippen MR) is 110 cm³/mol. The summed E-state index contributed by atoms with van der Waals surface area (Å²) >= 11 is 1.40. The number of nitriles is 2. The summed E-state index contributed by atoms with van der Waals surface area (Å²) in [5.41, 5.74) is 2.88. The predicted octanol–water partition coefficient (Wildman–Crippen LogP) is 5.28. The van der Waals surface area contributed by atoms with Crippen molar-refractivity contribution in [2.75, 3.05) is 12.9 Å². The van der Waals surface area contributed by atoms with Crippen LogP contribution in [0.3, 0.4) is 0 Å². The zero-order chi connectivity index (χ0) is 21.3. The first-order chi connectivity index (χ1) is 14.5. The molecule has 0 aliphatic heterocycles. The van der Waals surface area contributed by atoms with Gasteiger partial charge < -0.3 is 4.74 Å². The van der Waals surface area contributed by atoms with Crippen LogP contribution in [0.1, 0.15) is 30.5 Å². The van der Waals surface area contributed by atoms with Gasteiger partial charge in [0.25, 0.3) is 0 Å². The van der Waals surface area contributed by atoms with Crippen LogP contribution in [0.2, 0.25) is 0 Å². The lowest BCUT2D eigenvalue weighted by Crippen LogP contribution is -2.14. The van der Waals surface area contributed by atoms with Crippen LogP contribution in [0.5, 0.6) is 5.75 Å². The summed E-state index contributed by atoms with van der Waals surface area (Å²) in [5.74, 6) is -2.52. The maximum absolute atomic E-state index is 13.5. The molecule has 0 N–H and O–H groups in total. The maximum Gasteiger partial charge on any atom is 0.248 e. The van der Waals surface area contributed by atoms with Crippen molar-refractivity contribution in [2.24, 2.45) is 5.92 Å². The molecule has 152 valence electrons. The number of halogens is 2. The van der Waals surface area contributed by atoms with Gasteiger partial charge in [0.05, 0.1) is 18.5 Å². The third-order valence-corrected chi connectivity index (χ3v) is 6.08. The molecule has 3 aromatic rings. The van der Waals surface area contributed by atoms with E-state index in [2.05, 4.69) is 17.1 Å². The number of thioether (sulfide) groups is 1. The molecule has 1 saturated carbocycles. The van der Waals surface area contributed by atoms with Crippen LogP contribution < -0.4 is 4.74 Å². The van der Waals surface area contributed by atoms with E-state index in [0.29, 0.717) is 39.7 Å². The largest absolute Gasteiger partial charge is 0.492 e. The normalized spacial score (nSPS) is 17.6. The molecule has 1 aliphatic rings. The summed E-state index contributed by atoms with van der Waals surface area (Å²) in [4.78, 5) is 5.09. The smallest absolute Gasteiger partial charge is 0.248 e. The summed E-state index contributed by atoms with van der Waals surface area (Å²) in [6.45, 7) is 0.137. The van der Waals surface area contributed by atoms with Gasteiger partial charge in [-0.1, -0.05) is 6.07 Å². The van der Waals surface area contributed by atoms with Crippen molar-refractivity contribution in [3.05, 3.63) is 47.8 Å². The quantitative estimate of drug-likeness (QED) is 0.521. The molecule has 0 spiro atoms. The van der Waals surface area contributed by atoms with Crippen molar-refractivity contribution in [1.82, 2.24) is 9.38 Å². The summed E-state index contributed by atoms with van der Waals surface area (Å²) in [6.07, 6.45) is 3.62. The molecule has 5 nitrogen and oxygen atoms in total. The molecule has 8 heteroatoms. The second kappa shape index (κ2) is 7.97. The van der Waals surface area contributed by atoms with Gasteiger partial charge in [-0.3, -0.25) is 4.40 Å². The SMILES string of the molecule is CSc1cc(-c2cnc3cccc(C#N)n23)cc(OCC2CCC(F)(F)C2)c1C#N. The molecule has 1 aliphatic carbocycles. The Morgan fingerprint density at radius 3 is 2.80 bits per heavy atom. The molecule has 1 fully saturated rings. The average molecular weight is 424 g/mol. The second-order valence-corrected chi connectivity index (χ2v) is 8.15. The lowest BCUT2D eigenvalue weighted by molar-refractivity contribution is 0.00291. The molecule has 1 aromatic carbocycles. The van der Waals surface area contributed by atoms with Gasteiger partial charge in [0.1, 0.15) is 34.8 Å². The van der Waals surface area contributed by atoms with E-state index >= 15 is 0 Å². The number of rotatable bonds is 5. The van der Waals surface area contributed by atoms with Crippen LogP contribution in [-0.2, 0) is 0 Å². The van der Waals surface area contributed by atoms with Crippen LogP contribution in [0.15, 0.2) is 41.4 Å². The molecule has 2 heterocycles. The van der Waals surface area contributed by atoms with Gasteiger partial charge in [0.2, 0.25) is 5.92 Å². The highest BCUT2D eigenvalue weighted by Crippen LogP contribution is 2.40. The van der Waals surface area contributed by atoms with Crippen molar-refractivity contribution < 1.29 is 13.5 Å². The minimum absolute atomic E-state index is 0.124. The first-order valence-electron chi connectivity index (χ1n) is 9.45. The summed E-state index contributed by atoms with van der Waals surface area (Å²) in [6, 6.07) is 13.2. The van der Waals surface area contributed by atoms with Gasteiger partial charge in [0.15, 0.2) is 0 Å². The fraction of sp³-hybridized carbons (Fsp3) is 0.318. The molecule has 2 aromatic heterocycles. The van der Waals surface area contributed by atoms with Crippen LogP contribution in [-0.4, -0.2) is 28.2 Å². The Kier molecular flexibility index (Phi) is 5.36. The van der Waals surface area contributed by atoms with Crippen molar-refractivity contribution in [3.8, 4) is 29.1 Å². The maximum atomic E-state index is 13.5. The first kappa shape index (κ1) is 20.2. The number of fused-ring (bicyclic) bond motifs is 1. The number of nitrogens with zero attached hydrogens (tertiary/aromatic N) is 4. The van der Waals surface area contributed by atoms with Crippen molar-refractivity contribution >= 4 is 17.4 Å². The van der Waals surface area contributed by atoms with E-state index in [-0.39, 0.29) is 25.4 Å².